The lowest BCUT2D eigenvalue weighted by Gasteiger charge is -2.04. The summed E-state index contributed by atoms with van der Waals surface area (Å²) in [5, 5.41) is 12.8. The molecule has 1 heterocycles. The van der Waals surface area contributed by atoms with Crippen LogP contribution in [0, 0.1) is 12.7 Å². The lowest BCUT2D eigenvalue weighted by atomic mass is 10.1. The number of carboxylic acids is 1. The summed E-state index contributed by atoms with van der Waals surface area (Å²) < 4.78 is 14.6. The molecule has 94 valence electrons. The van der Waals surface area contributed by atoms with E-state index in [1.807, 2.05) is 0 Å². The molecule has 0 aliphatic rings. The van der Waals surface area contributed by atoms with Gasteiger partial charge in [-0.05, 0) is 24.6 Å². The van der Waals surface area contributed by atoms with E-state index >= 15 is 0 Å². The first-order valence-electron chi connectivity index (χ1n) is 5.17. The summed E-state index contributed by atoms with van der Waals surface area (Å²) in [6, 6.07) is 2.85. The predicted molar refractivity (Wildman–Crippen MR) is 65.0 cm³/mol. The fourth-order valence-corrected chi connectivity index (χ4v) is 1.87. The van der Waals surface area contributed by atoms with Gasteiger partial charge < -0.3 is 5.11 Å². The number of nitrogens with zero attached hydrogens (tertiary/aromatic N) is 2. The molecule has 1 aromatic heterocycles. The van der Waals surface area contributed by atoms with E-state index < -0.39 is 5.97 Å². The summed E-state index contributed by atoms with van der Waals surface area (Å²) in [6.07, 6.45) is 3.06. The van der Waals surface area contributed by atoms with Crippen LogP contribution in [0.2, 0.25) is 5.02 Å². The van der Waals surface area contributed by atoms with Gasteiger partial charge in [0.1, 0.15) is 12.4 Å². The largest absolute Gasteiger partial charge is 0.480 e. The molecule has 0 radical (unpaired) electrons. The average molecular weight is 269 g/mol. The van der Waals surface area contributed by atoms with Crippen LogP contribution >= 0.6 is 11.6 Å². The number of hydrogen-bond acceptors (Lipinski definition) is 2. The number of aryl methyl sites for hydroxylation is 1. The highest BCUT2D eigenvalue weighted by atomic mass is 35.5. The highest BCUT2D eigenvalue weighted by Gasteiger charge is 2.10. The number of benzene rings is 1. The van der Waals surface area contributed by atoms with Gasteiger partial charge in [-0.1, -0.05) is 11.6 Å². The van der Waals surface area contributed by atoms with Crippen LogP contribution in [0.3, 0.4) is 0 Å². The van der Waals surface area contributed by atoms with Crippen molar-refractivity contribution in [2.75, 3.05) is 0 Å². The molecule has 0 saturated heterocycles. The van der Waals surface area contributed by atoms with Crippen molar-refractivity contribution in [2.45, 2.75) is 13.5 Å². The minimum Gasteiger partial charge on any atom is -0.480 e. The Balaban J connectivity index is 2.40. The van der Waals surface area contributed by atoms with E-state index in [1.165, 1.54) is 16.9 Å². The second-order valence-electron chi connectivity index (χ2n) is 3.90. The Morgan fingerprint density at radius 1 is 1.56 bits per heavy atom. The Labute approximate surface area is 108 Å². The zero-order valence-electron chi connectivity index (χ0n) is 9.52. The number of aromatic nitrogens is 2. The van der Waals surface area contributed by atoms with Crippen LogP contribution in [0.4, 0.5) is 4.39 Å². The van der Waals surface area contributed by atoms with E-state index in [9.17, 15) is 9.18 Å². The Morgan fingerprint density at radius 2 is 2.28 bits per heavy atom. The van der Waals surface area contributed by atoms with Gasteiger partial charge >= 0.3 is 5.97 Å². The van der Waals surface area contributed by atoms with E-state index in [0.29, 0.717) is 16.7 Å². The van der Waals surface area contributed by atoms with Crippen molar-refractivity contribution in [1.82, 2.24) is 9.78 Å². The van der Waals surface area contributed by atoms with Gasteiger partial charge in [0.15, 0.2) is 0 Å². The van der Waals surface area contributed by atoms with Crippen LogP contribution in [0.25, 0.3) is 11.1 Å². The van der Waals surface area contributed by atoms with Gasteiger partial charge in [0.2, 0.25) is 0 Å². The van der Waals surface area contributed by atoms with Crippen molar-refractivity contribution in [3.63, 3.8) is 0 Å². The molecule has 0 saturated carbocycles. The molecule has 2 aromatic rings. The van der Waals surface area contributed by atoms with E-state index in [4.69, 9.17) is 16.7 Å². The van der Waals surface area contributed by atoms with E-state index in [1.54, 1.807) is 19.2 Å². The fraction of sp³-hybridized carbons (Fsp3) is 0.167. The lowest BCUT2D eigenvalue weighted by molar-refractivity contribution is -0.137. The molecule has 0 bridgehead atoms. The summed E-state index contributed by atoms with van der Waals surface area (Å²) in [6.45, 7) is 1.41. The maximum atomic E-state index is 13.3. The third kappa shape index (κ3) is 2.51. The third-order valence-corrected chi connectivity index (χ3v) is 2.80. The Bertz CT molecular complexity index is 610. The maximum Gasteiger partial charge on any atom is 0.325 e. The zero-order chi connectivity index (χ0) is 13.3. The minimum atomic E-state index is -0.981. The van der Waals surface area contributed by atoms with Crippen LogP contribution in [0.5, 0.6) is 0 Å². The van der Waals surface area contributed by atoms with Gasteiger partial charge in [-0.15, -0.1) is 0 Å². The molecule has 0 aliphatic heterocycles. The van der Waals surface area contributed by atoms with Crippen LogP contribution in [-0.2, 0) is 11.3 Å². The van der Waals surface area contributed by atoms with E-state index in [2.05, 4.69) is 5.10 Å². The molecule has 18 heavy (non-hydrogen) atoms. The monoisotopic (exact) mass is 268 g/mol. The molecule has 2 rings (SSSR count). The predicted octanol–water partition coefficient (Wildman–Crippen LogP) is 2.74. The number of aliphatic carboxylic acids is 1. The second-order valence-corrected chi connectivity index (χ2v) is 4.31. The first kappa shape index (κ1) is 12.6. The number of carboxylic acid groups (broad SMARTS) is 1. The van der Waals surface area contributed by atoms with Gasteiger partial charge in [-0.2, -0.15) is 5.10 Å². The molecular weight excluding hydrogens is 259 g/mol. The topological polar surface area (TPSA) is 55.1 Å². The standard InChI is InChI=1S/C12H10ClFN2O2/c1-7-2-9(10(13)3-11(7)14)8-4-15-16(5-8)6-12(17)18/h2-5H,6H2,1H3,(H,17,18). The van der Waals surface area contributed by atoms with E-state index in [-0.39, 0.29) is 17.4 Å². The number of halogens is 2. The van der Waals surface area contributed by atoms with Crippen molar-refractivity contribution in [2.24, 2.45) is 0 Å². The minimum absolute atomic E-state index is 0.224. The van der Waals surface area contributed by atoms with Gasteiger partial charge in [-0.3, -0.25) is 9.48 Å². The molecular formula is C12H10ClFN2O2. The van der Waals surface area contributed by atoms with Crippen molar-refractivity contribution in [1.29, 1.82) is 0 Å². The third-order valence-electron chi connectivity index (χ3n) is 2.49. The second kappa shape index (κ2) is 4.78. The van der Waals surface area contributed by atoms with Crippen molar-refractivity contribution in [3.8, 4) is 11.1 Å². The quantitative estimate of drug-likeness (QED) is 0.931. The number of hydrogen-bond donors (Lipinski definition) is 1. The highest BCUT2D eigenvalue weighted by molar-refractivity contribution is 6.33. The summed E-state index contributed by atoms with van der Waals surface area (Å²) in [5.74, 6) is -1.35. The number of carbonyl (C=O) groups is 1. The number of rotatable bonds is 3. The lowest BCUT2D eigenvalue weighted by Crippen LogP contribution is -2.08. The molecule has 1 N–H and O–H groups in total. The van der Waals surface area contributed by atoms with Gasteiger partial charge in [-0.25, -0.2) is 4.39 Å². The van der Waals surface area contributed by atoms with Crippen LogP contribution < -0.4 is 0 Å². The average Bonchev–Trinajstić information content (AvgIpc) is 2.70. The summed E-state index contributed by atoms with van der Waals surface area (Å²) in [7, 11) is 0. The first-order chi connectivity index (χ1) is 8.47. The maximum absolute atomic E-state index is 13.3. The molecule has 0 fully saturated rings. The normalized spacial score (nSPS) is 10.6. The molecule has 4 nitrogen and oxygen atoms in total. The van der Waals surface area contributed by atoms with Crippen LogP contribution in [0.1, 0.15) is 5.56 Å². The van der Waals surface area contributed by atoms with Crippen molar-refractivity contribution in [3.05, 3.63) is 40.9 Å². The zero-order valence-corrected chi connectivity index (χ0v) is 10.3. The Morgan fingerprint density at radius 3 is 2.94 bits per heavy atom. The molecule has 0 aliphatic carbocycles. The van der Waals surface area contributed by atoms with Crippen LogP contribution in [0.15, 0.2) is 24.5 Å². The van der Waals surface area contributed by atoms with E-state index in [0.717, 1.165) is 0 Å². The smallest absolute Gasteiger partial charge is 0.325 e. The van der Waals surface area contributed by atoms with Gasteiger partial charge in [0.05, 0.1) is 11.2 Å². The highest BCUT2D eigenvalue weighted by Crippen LogP contribution is 2.29. The fourth-order valence-electron chi connectivity index (χ4n) is 1.61. The Hall–Kier alpha value is -1.88. The molecule has 1 aromatic carbocycles. The molecule has 0 unspecified atom stereocenters. The summed E-state index contributed by atoms with van der Waals surface area (Å²) in [5.41, 5.74) is 1.76. The van der Waals surface area contributed by atoms with Crippen molar-refractivity contribution >= 4 is 17.6 Å². The van der Waals surface area contributed by atoms with Gasteiger partial charge in [0.25, 0.3) is 0 Å². The van der Waals surface area contributed by atoms with Crippen molar-refractivity contribution < 1.29 is 14.3 Å². The molecule has 6 heteroatoms. The summed E-state index contributed by atoms with van der Waals surface area (Å²) in [4.78, 5) is 10.5. The first-order valence-corrected chi connectivity index (χ1v) is 5.55. The molecule has 0 amide bonds. The molecule has 0 spiro atoms. The van der Waals surface area contributed by atoms with Crippen LogP contribution in [-0.4, -0.2) is 20.9 Å². The van der Waals surface area contributed by atoms with Gasteiger partial charge in [0, 0.05) is 17.3 Å². The molecule has 0 atom stereocenters. The SMILES string of the molecule is Cc1cc(-c2cnn(CC(=O)O)c2)c(Cl)cc1F. The Kier molecular flexibility index (Phi) is 3.34. The summed E-state index contributed by atoms with van der Waals surface area (Å²) >= 11 is 5.96.